The second-order valence-electron chi connectivity index (χ2n) is 5.26. The van der Waals surface area contributed by atoms with E-state index >= 15 is 0 Å². The number of hydrogen-bond donors (Lipinski definition) is 1. The molecule has 2 aromatic rings. The molecule has 1 atom stereocenters. The van der Waals surface area contributed by atoms with Gasteiger partial charge in [-0.1, -0.05) is 24.3 Å². The first-order chi connectivity index (χ1) is 10.1. The molecule has 1 unspecified atom stereocenters. The first-order valence-corrected chi connectivity index (χ1v) is 7.35. The van der Waals surface area contributed by atoms with Crippen LogP contribution in [0, 0.1) is 6.92 Å². The highest BCUT2D eigenvalue weighted by atomic mass is 16.5. The van der Waals surface area contributed by atoms with Crippen LogP contribution >= 0.6 is 0 Å². The number of nitrogens with two attached hydrogens (primary N) is 1. The summed E-state index contributed by atoms with van der Waals surface area (Å²) in [5.41, 5.74) is 8.14. The van der Waals surface area contributed by atoms with Crippen molar-refractivity contribution in [2.45, 2.75) is 33.2 Å². The van der Waals surface area contributed by atoms with Gasteiger partial charge in [0, 0.05) is 6.04 Å². The molecule has 0 aliphatic heterocycles. The lowest BCUT2D eigenvalue weighted by Gasteiger charge is -2.14. The third-order valence-corrected chi connectivity index (χ3v) is 3.18. The number of rotatable bonds is 6. The molecule has 3 heteroatoms. The SMILES string of the molecule is CCOc1ccccc1Oc1cc(CC(C)N)ccc1C. The number of aryl methyl sites for hydroxylation is 1. The molecule has 0 aromatic heterocycles. The molecule has 0 radical (unpaired) electrons. The predicted molar refractivity (Wildman–Crippen MR) is 86.2 cm³/mol. The van der Waals surface area contributed by atoms with Gasteiger partial charge in [0.1, 0.15) is 5.75 Å². The van der Waals surface area contributed by atoms with Crippen LogP contribution in [0.15, 0.2) is 42.5 Å². The zero-order valence-electron chi connectivity index (χ0n) is 12.9. The Labute approximate surface area is 126 Å². The van der Waals surface area contributed by atoms with Crippen LogP contribution < -0.4 is 15.2 Å². The Morgan fingerprint density at radius 3 is 2.43 bits per heavy atom. The first kappa shape index (κ1) is 15.4. The van der Waals surface area contributed by atoms with Gasteiger partial charge in [-0.05, 0) is 56.5 Å². The third kappa shape index (κ3) is 4.23. The lowest BCUT2D eigenvalue weighted by molar-refractivity contribution is 0.321. The van der Waals surface area contributed by atoms with Gasteiger partial charge in [0.15, 0.2) is 11.5 Å². The molecule has 0 saturated carbocycles. The van der Waals surface area contributed by atoms with Crippen molar-refractivity contribution in [1.29, 1.82) is 0 Å². The summed E-state index contributed by atoms with van der Waals surface area (Å²) in [6.07, 6.45) is 0.837. The molecule has 0 aliphatic carbocycles. The normalized spacial score (nSPS) is 12.0. The average Bonchev–Trinajstić information content (AvgIpc) is 2.44. The minimum Gasteiger partial charge on any atom is -0.490 e. The van der Waals surface area contributed by atoms with Gasteiger partial charge in [-0.2, -0.15) is 0 Å². The fourth-order valence-corrected chi connectivity index (χ4v) is 2.18. The molecule has 2 rings (SSSR count). The standard InChI is InChI=1S/C18H23NO2/c1-4-20-16-7-5-6-8-17(16)21-18-12-15(11-14(3)19)10-9-13(18)2/h5-10,12,14H,4,11,19H2,1-3H3. The van der Waals surface area contributed by atoms with Crippen LogP contribution in [-0.4, -0.2) is 12.6 Å². The van der Waals surface area contributed by atoms with Crippen molar-refractivity contribution in [2.24, 2.45) is 5.73 Å². The maximum Gasteiger partial charge on any atom is 0.169 e. The Kier molecular flexibility index (Phi) is 5.23. The van der Waals surface area contributed by atoms with Crippen molar-refractivity contribution in [3.05, 3.63) is 53.6 Å². The van der Waals surface area contributed by atoms with Gasteiger partial charge >= 0.3 is 0 Å². The Morgan fingerprint density at radius 1 is 1.05 bits per heavy atom. The minimum absolute atomic E-state index is 0.135. The topological polar surface area (TPSA) is 44.5 Å². The molecule has 2 aromatic carbocycles. The first-order valence-electron chi connectivity index (χ1n) is 7.35. The quantitative estimate of drug-likeness (QED) is 0.870. The Balaban J connectivity index is 2.26. The van der Waals surface area contributed by atoms with Gasteiger partial charge in [-0.25, -0.2) is 0 Å². The molecule has 112 valence electrons. The summed E-state index contributed by atoms with van der Waals surface area (Å²) in [7, 11) is 0. The number of benzene rings is 2. The third-order valence-electron chi connectivity index (χ3n) is 3.18. The van der Waals surface area contributed by atoms with E-state index in [9.17, 15) is 0 Å². The van der Waals surface area contributed by atoms with Gasteiger partial charge in [-0.3, -0.25) is 0 Å². The Hall–Kier alpha value is -2.00. The molecule has 3 nitrogen and oxygen atoms in total. The van der Waals surface area contributed by atoms with Crippen molar-refractivity contribution in [2.75, 3.05) is 6.61 Å². The molecule has 0 heterocycles. The maximum absolute atomic E-state index is 6.05. The molecule has 21 heavy (non-hydrogen) atoms. The van der Waals surface area contributed by atoms with Crippen LogP contribution in [0.2, 0.25) is 0 Å². The summed E-state index contributed by atoms with van der Waals surface area (Å²) in [6, 6.07) is 14.1. The van der Waals surface area contributed by atoms with Crippen molar-refractivity contribution >= 4 is 0 Å². The summed E-state index contributed by atoms with van der Waals surface area (Å²) in [5.74, 6) is 2.35. The van der Waals surface area contributed by atoms with Crippen molar-refractivity contribution in [3.8, 4) is 17.2 Å². The molecule has 0 amide bonds. The second kappa shape index (κ2) is 7.14. The van der Waals surface area contributed by atoms with E-state index in [1.807, 2.05) is 45.0 Å². The summed E-state index contributed by atoms with van der Waals surface area (Å²) >= 11 is 0. The average molecular weight is 285 g/mol. The van der Waals surface area contributed by atoms with Crippen molar-refractivity contribution < 1.29 is 9.47 Å². The molecule has 0 saturated heterocycles. The van der Waals surface area contributed by atoms with Crippen LogP contribution in [0.3, 0.4) is 0 Å². The van der Waals surface area contributed by atoms with E-state index in [0.29, 0.717) is 6.61 Å². The van der Waals surface area contributed by atoms with E-state index in [-0.39, 0.29) is 6.04 Å². The van der Waals surface area contributed by atoms with E-state index in [2.05, 4.69) is 18.2 Å². The zero-order chi connectivity index (χ0) is 15.2. The van der Waals surface area contributed by atoms with Crippen LogP contribution in [-0.2, 0) is 6.42 Å². The van der Waals surface area contributed by atoms with Crippen molar-refractivity contribution in [1.82, 2.24) is 0 Å². The van der Waals surface area contributed by atoms with Gasteiger partial charge in [0.25, 0.3) is 0 Å². The Bertz CT molecular complexity index is 594. The molecule has 0 bridgehead atoms. The molecule has 2 N–H and O–H groups in total. The second-order valence-corrected chi connectivity index (χ2v) is 5.26. The van der Waals surface area contributed by atoms with Crippen LogP contribution in [0.1, 0.15) is 25.0 Å². The smallest absolute Gasteiger partial charge is 0.169 e. The summed E-state index contributed by atoms with van der Waals surface area (Å²) in [4.78, 5) is 0. The van der Waals surface area contributed by atoms with E-state index in [0.717, 1.165) is 29.2 Å². The van der Waals surface area contributed by atoms with Gasteiger partial charge in [0.2, 0.25) is 0 Å². The van der Waals surface area contributed by atoms with Crippen LogP contribution in [0.25, 0.3) is 0 Å². The highest BCUT2D eigenvalue weighted by molar-refractivity contribution is 5.45. The van der Waals surface area contributed by atoms with E-state index in [4.69, 9.17) is 15.2 Å². The summed E-state index contributed by atoms with van der Waals surface area (Å²) in [6.45, 7) is 6.62. The highest BCUT2D eigenvalue weighted by Crippen LogP contribution is 2.33. The zero-order valence-corrected chi connectivity index (χ0v) is 12.9. The summed E-state index contributed by atoms with van der Waals surface area (Å²) < 4.78 is 11.6. The van der Waals surface area contributed by atoms with Gasteiger partial charge in [-0.15, -0.1) is 0 Å². The monoisotopic (exact) mass is 285 g/mol. The fourth-order valence-electron chi connectivity index (χ4n) is 2.18. The van der Waals surface area contributed by atoms with E-state index in [1.165, 1.54) is 5.56 Å². The Morgan fingerprint density at radius 2 is 1.76 bits per heavy atom. The summed E-state index contributed by atoms with van der Waals surface area (Å²) in [5, 5.41) is 0. The van der Waals surface area contributed by atoms with E-state index < -0.39 is 0 Å². The molecule has 0 aliphatic rings. The maximum atomic E-state index is 6.05. The fraction of sp³-hybridized carbons (Fsp3) is 0.333. The largest absolute Gasteiger partial charge is 0.490 e. The predicted octanol–water partition coefficient (Wildman–Crippen LogP) is 4.08. The number of para-hydroxylation sites is 2. The lowest BCUT2D eigenvalue weighted by atomic mass is 10.1. The minimum atomic E-state index is 0.135. The lowest BCUT2D eigenvalue weighted by Crippen LogP contribution is -2.17. The molecule has 0 fully saturated rings. The van der Waals surface area contributed by atoms with Gasteiger partial charge < -0.3 is 15.2 Å². The van der Waals surface area contributed by atoms with Crippen molar-refractivity contribution in [3.63, 3.8) is 0 Å². The molecular weight excluding hydrogens is 262 g/mol. The van der Waals surface area contributed by atoms with Crippen LogP contribution in [0.4, 0.5) is 0 Å². The van der Waals surface area contributed by atoms with Gasteiger partial charge in [0.05, 0.1) is 6.61 Å². The van der Waals surface area contributed by atoms with E-state index in [1.54, 1.807) is 0 Å². The number of ether oxygens (including phenoxy) is 2. The van der Waals surface area contributed by atoms with Crippen LogP contribution in [0.5, 0.6) is 17.2 Å². The molecular formula is C18H23NO2. The number of hydrogen-bond acceptors (Lipinski definition) is 3. The molecule has 0 spiro atoms. The highest BCUT2D eigenvalue weighted by Gasteiger charge is 2.08.